The number of carbonyl (C=O) groups is 2. The van der Waals surface area contributed by atoms with Gasteiger partial charge in [0.05, 0.1) is 12.3 Å². The number of hydrogen-bond donors (Lipinski definition) is 1. The fraction of sp³-hybridized carbons (Fsp3) is 0.750. The van der Waals surface area contributed by atoms with Crippen molar-refractivity contribution in [3.8, 4) is 0 Å². The Hall–Kier alpha value is -1.46. The first-order valence-electron chi connectivity index (χ1n) is 4.31. The summed E-state index contributed by atoms with van der Waals surface area (Å²) in [6.07, 6.45) is -0.321. The van der Waals surface area contributed by atoms with Crippen LogP contribution < -0.4 is 0 Å². The van der Waals surface area contributed by atoms with Crippen LogP contribution in [0, 0.1) is 22.0 Å². The quantitative estimate of drug-likeness (QED) is 0.524. The first-order chi connectivity index (χ1) is 6.43. The van der Waals surface area contributed by atoms with Crippen molar-refractivity contribution in [1.29, 1.82) is 0 Å². The van der Waals surface area contributed by atoms with Crippen molar-refractivity contribution in [3.63, 3.8) is 0 Å². The van der Waals surface area contributed by atoms with E-state index in [0.717, 1.165) is 0 Å². The van der Waals surface area contributed by atoms with Gasteiger partial charge in [0.15, 0.2) is 0 Å². The van der Waals surface area contributed by atoms with Crippen LogP contribution in [0.15, 0.2) is 0 Å². The molecule has 1 N–H and O–H groups in total. The normalized spacial score (nSPS) is 31.8. The molecule has 6 nitrogen and oxygen atoms in total. The zero-order valence-electron chi connectivity index (χ0n) is 7.67. The molecule has 0 spiro atoms. The van der Waals surface area contributed by atoms with Crippen LogP contribution in [0.5, 0.6) is 0 Å². The minimum absolute atomic E-state index is 0.115. The number of rotatable bonds is 3. The number of hydrogen-bond acceptors (Lipinski definition) is 4. The van der Waals surface area contributed by atoms with Gasteiger partial charge in [-0.2, -0.15) is 0 Å². The fourth-order valence-corrected chi connectivity index (χ4v) is 1.95. The Balaban J connectivity index is 2.83. The molecule has 0 aromatic rings. The number of carboxylic acids is 1. The minimum atomic E-state index is -1.16. The summed E-state index contributed by atoms with van der Waals surface area (Å²) >= 11 is 0. The maximum absolute atomic E-state index is 11.3. The first kappa shape index (κ1) is 10.6. The lowest BCUT2D eigenvalue weighted by Crippen LogP contribution is -2.32. The molecule has 3 unspecified atom stereocenters. The molecule has 1 aliphatic carbocycles. The number of ketones is 1. The van der Waals surface area contributed by atoms with Gasteiger partial charge in [-0.1, -0.05) is 6.92 Å². The Kier molecular flexibility index (Phi) is 2.83. The summed E-state index contributed by atoms with van der Waals surface area (Å²) in [6.45, 7) is 1.60. The zero-order chi connectivity index (χ0) is 10.9. The highest BCUT2D eigenvalue weighted by Crippen LogP contribution is 2.32. The lowest BCUT2D eigenvalue weighted by atomic mass is 9.96. The molecule has 0 saturated heterocycles. The highest BCUT2D eigenvalue weighted by Gasteiger charge is 2.48. The highest BCUT2D eigenvalue weighted by atomic mass is 16.6. The largest absolute Gasteiger partial charge is 0.481 e. The molecule has 0 bridgehead atoms. The summed E-state index contributed by atoms with van der Waals surface area (Å²) in [7, 11) is 0. The van der Waals surface area contributed by atoms with Gasteiger partial charge in [0.25, 0.3) is 0 Å². The monoisotopic (exact) mass is 201 g/mol. The van der Waals surface area contributed by atoms with Crippen LogP contribution in [0.1, 0.15) is 19.8 Å². The topological polar surface area (TPSA) is 97.5 Å². The summed E-state index contributed by atoms with van der Waals surface area (Å²) in [5.74, 6) is -2.77. The van der Waals surface area contributed by atoms with E-state index in [9.17, 15) is 19.7 Å². The lowest BCUT2D eigenvalue weighted by Gasteiger charge is -2.11. The van der Waals surface area contributed by atoms with Gasteiger partial charge in [-0.3, -0.25) is 19.7 Å². The van der Waals surface area contributed by atoms with Crippen molar-refractivity contribution in [1.82, 2.24) is 0 Å². The van der Waals surface area contributed by atoms with Gasteiger partial charge in [-0.25, -0.2) is 0 Å². The molecule has 0 heterocycles. The third-order valence-corrected chi connectivity index (χ3v) is 2.57. The van der Waals surface area contributed by atoms with E-state index in [1.807, 2.05) is 0 Å². The Morgan fingerprint density at radius 1 is 1.71 bits per heavy atom. The standard InChI is InChI=1S/C8H11NO5/c1-4-2-6(10)5(3-7(11)12)8(4)9(13)14/h4-5,8H,2-3H2,1H3,(H,11,12). The van der Waals surface area contributed by atoms with Gasteiger partial charge in [0.2, 0.25) is 6.04 Å². The van der Waals surface area contributed by atoms with E-state index in [-0.39, 0.29) is 18.1 Å². The van der Waals surface area contributed by atoms with Crippen LogP contribution in [-0.4, -0.2) is 27.8 Å². The molecule has 0 radical (unpaired) electrons. The van der Waals surface area contributed by atoms with Crippen molar-refractivity contribution in [2.45, 2.75) is 25.8 Å². The van der Waals surface area contributed by atoms with Crippen LogP contribution in [0.3, 0.4) is 0 Å². The van der Waals surface area contributed by atoms with E-state index in [2.05, 4.69) is 0 Å². The van der Waals surface area contributed by atoms with Crippen molar-refractivity contribution in [3.05, 3.63) is 10.1 Å². The molecule has 1 fully saturated rings. The van der Waals surface area contributed by atoms with E-state index in [1.54, 1.807) is 6.92 Å². The van der Waals surface area contributed by atoms with E-state index in [4.69, 9.17) is 5.11 Å². The predicted octanol–water partition coefficient (Wildman–Crippen LogP) is 0.332. The fourth-order valence-electron chi connectivity index (χ4n) is 1.95. The molecular formula is C8H11NO5. The Bertz CT molecular complexity index is 287. The molecule has 78 valence electrons. The Morgan fingerprint density at radius 3 is 2.71 bits per heavy atom. The molecular weight excluding hydrogens is 190 g/mol. The van der Waals surface area contributed by atoms with E-state index in [1.165, 1.54) is 0 Å². The van der Waals surface area contributed by atoms with Crippen molar-refractivity contribution in [2.24, 2.45) is 11.8 Å². The second kappa shape index (κ2) is 3.73. The van der Waals surface area contributed by atoms with E-state index < -0.39 is 29.3 Å². The number of Topliss-reactive ketones (excluding diaryl/α,β-unsaturated/α-hetero) is 1. The number of nitro groups is 1. The molecule has 1 aliphatic rings. The van der Waals surface area contributed by atoms with Gasteiger partial charge < -0.3 is 5.11 Å². The van der Waals surface area contributed by atoms with Crippen molar-refractivity contribution >= 4 is 11.8 Å². The average molecular weight is 201 g/mol. The van der Waals surface area contributed by atoms with Crippen molar-refractivity contribution in [2.75, 3.05) is 0 Å². The third-order valence-electron chi connectivity index (χ3n) is 2.57. The number of aliphatic carboxylic acids is 1. The van der Waals surface area contributed by atoms with Crippen molar-refractivity contribution < 1.29 is 19.6 Å². The second-order valence-electron chi connectivity index (χ2n) is 3.63. The van der Waals surface area contributed by atoms with E-state index >= 15 is 0 Å². The molecule has 1 rings (SSSR count). The molecule has 0 aromatic carbocycles. The lowest BCUT2D eigenvalue weighted by molar-refractivity contribution is -0.534. The summed E-state index contributed by atoms with van der Waals surface area (Å²) < 4.78 is 0. The van der Waals surface area contributed by atoms with Gasteiger partial charge in [-0.05, 0) is 0 Å². The van der Waals surface area contributed by atoms with Crippen LogP contribution in [0.2, 0.25) is 0 Å². The SMILES string of the molecule is CC1CC(=O)C(CC(=O)O)C1[N+](=O)[O-]. The molecule has 0 aromatic heterocycles. The van der Waals surface area contributed by atoms with Gasteiger partial charge in [0, 0.05) is 17.3 Å². The predicted molar refractivity (Wildman–Crippen MR) is 45.3 cm³/mol. The van der Waals surface area contributed by atoms with Gasteiger partial charge in [-0.15, -0.1) is 0 Å². The summed E-state index contributed by atoms with van der Waals surface area (Å²) in [5, 5.41) is 19.1. The summed E-state index contributed by atoms with van der Waals surface area (Å²) in [5.41, 5.74) is 0. The second-order valence-corrected chi connectivity index (χ2v) is 3.63. The Morgan fingerprint density at radius 2 is 2.29 bits per heavy atom. The summed E-state index contributed by atoms with van der Waals surface area (Å²) in [4.78, 5) is 31.7. The Labute approximate surface area is 80.1 Å². The van der Waals surface area contributed by atoms with Crippen LogP contribution in [0.25, 0.3) is 0 Å². The van der Waals surface area contributed by atoms with E-state index in [0.29, 0.717) is 0 Å². The summed E-state index contributed by atoms with van der Waals surface area (Å²) in [6, 6.07) is -1.03. The molecule has 1 saturated carbocycles. The molecule has 0 aliphatic heterocycles. The smallest absolute Gasteiger partial charge is 0.304 e. The zero-order valence-corrected chi connectivity index (χ0v) is 7.67. The minimum Gasteiger partial charge on any atom is -0.481 e. The number of carboxylic acid groups (broad SMARTS) is 1. The maximum atomic E-state index is 11.3. The van der Waals surface area contributed by atoms with Crippen LogP contribution in [-0.2, 0) is 9.59 Å². The number of carbonyl (C=O) groups excluding carboxylic acids is 1. The molecule has 14 heavy (non-hydrogen) atoms. The van der Waals surface area contributed by atoms with Crippen LogP contribution >= 0.6 is 0 Å². The number of nitrogens with zero attached hydrogens (tertiary/aromatic N) is 1. The van der Waals surface area contributed by atoms with Gasteiger partial charge in [0.1, 0.15) is 5.78 Å². The average Bonchev–Trinajstić information content (AvgIpc) is 2.25. The van der Waals surface area contributed by atoms with Gasteiger partial charge >= 0.3 is 5.97 Å². The molecule has 3 atom stereocenters. The highest BCUT2D eigenvalue weighted by molar-refractivity contribution is 5.87. The van der Waals surface area contributed by atoms with Crippen LogP contribution in [0.4, 0.5) is 0 Å². The first-order valence-corrected chi connectivity index (χ1v) is 4.31. The third kappa shape index (κ3) is 1.89. The maximum Gasteiger partial charge on any atom is 0.304 e. The molecule has 6 heteroatoms. The molecule has 0 amide bonds.